The Hall–Kier alpha value is -1.61. The van der Waals surface area contributed by atoms with E-state index in [1.165, 1.54) is 19.3 Å². The number of carboxylic acid groups (broad SMARTS) is 1. The van der Waals surface area contributed by atoms with Gasteiger partial charge < -0.3 is 15.0 Å². The summed E-state index contributed by atoms with van der Waals surface area (Å²) in [5, 5.41) is 19.9. The van der Waals surface area contributed by atoms with Crippen LogP contribution in [0.3, 0.4) is 0 Å². The highest BCUT2D eigenvalue weighted by Crippen LogP contribution is 2.02. The van der Waals surface area contributed by atoms with E-state index in [4.69, 9.17) is 0 Å². The number of hydrogen-bond donors (Lipinski definition) is 1. The van der Waals surface area contributed by atoms with Gasteiger partial charge >= 0.3 is 0 Å². The van der Waals surface area contributed by atoms with Gasteiger partial charge in [-0.05, 0) is 44.9 Å². The normalized spacial score (nSPS) is 13.8. The van der Waals surface area contributed by atoms with E-state index < -0.39 is 12.1 Å². The van der Waals surface area contributed by atoms with Crippen LogP contribution in [-0.2, 0) is 4.79 Å². The predicted octanol–water partition coefficient (Wildman–Crippen LogP) is 3.85. The molecule has 0 aromatic rings. The standard InChI is InChI=1S/C20H32O3/c1-2-3-4-5-6-7-8-9-10-13-16-19(21)17-14-11-12-15-18-20(22)23/h6-7,9-11,13-14,16,19,21H,2-5,8,12,15,17-18H2,1H3,(H,22,23)/p-1/b7-6-,10-9-,14-11-,16-13-. The second kappa shape index (κ2) is 16.8. The van der Waals surface area contributed by atoms with Crippen LogP contribution in [0.5, 0.6) is 0 Å². The van der Waals surface area contributed by atoms with Gasteiger partial charge in [0.1, 0.15) is 0 Å². The molecule has 130 valence electrons. The van der Waals surface area contributed by atoms with Crippen molar-refractivity contribution < 1.29 is 15.0 Å². The molecule has 0 spiro atoms. The lowest BCUT2D eigenvalue weighted by Crippen LogP contribution is -2.21. The maximum absolute atomic E-state index is 10.2. The molecule has 0 aliphatic carbocycles. The number of aliphatic hydroxyl groups excluding tert-OH is 1. The second-order valence-corrected chi connectivity index (χ2v) is 5.55. The Morgan fingerprint density at radius 2 is 1.74 bits per heavy atom. The van der Waals surface area contributed by atoms with E-state index >= 15 is 0 Å². The van der Waals surface area contributed by atoms with E-state index in [0.29, 0.717) is 19.3 Å². The molecule has 1 N–H and O–H groups in total. The van der Waals surface area contributed by atoms with Crippen LogP contribution in [-0.4, -0.2) is 17.2 Å². The average Bonchev–Trinajstić information content (AvgIpc) is 2.52. The van der Waals surface area contributed by atoms with Gasteiger partial charge in [-0.2, -0.15) is 0 Å². The molecule has 23 heavy (non-hydrogen) atoms. The molecule has 3 nitrogen and oxygen atoms in total. The van der Waals surface area contributed by atoms with Crippen LogP contribution < -0.4 is 5.11 Å². The number of carbonyl (C=O) groups is 1. The van der Waals surface area contributed by atoms with E-state index in [9.17, 15) is 15.0 Å². The minimum absolute atomic E-state index is 0.0879. The first-order valence-corrected chi connectivity index (χ1v) is 8.68. The summed E-state index contributed by atoms with van der Waals surface area (Å²) in [6.07, 6.45) is 23.1. The smallest absolute Gasteiger partial charge is 0.0758 e. The van der Waals surface area contributed by atoms with Crippen LogP contribution in [0.4, 0.5) is 0 Å². The lowest BCUT2D eigenvalue weighted by atomic mass is 10.2. The molecule has 1 atom stereocenters. The van der Waals surface area contributed by atoms with Crippen LogP contribution in [0.2, 0.25) is 0 Å². The fourth-order valence-electron chi connectivity index (χ4n) is 1.95. The Morgan fingerprint density at radius 3 is 2.48 bits per heavy atom. The molecule has 0 rings (SSSR count). The Bertz CT molecular complexity index is 392. The molecular formula is C20H31O3-. The second-order valence-electron chi connectivity index (χ2n) is 5.55. The molecule has 0 aromatic carbocycles. The Balaban J connectivity index is 3.63. The Kier molecular flexibility index (Phi) is 15.6. The van der Waals surface area contributed by atoms with Crippen LogP contribution in [0.15, 0.2) is 48.6 Å². The van der Waals surface area contributed by atoms with Crippen molar-refractivity contribution in [3.05, 3.63) is 48.6 Å². The molecule has 3 heteroatoms. The van der Waals surface area contributed by atoms with Gasteiger partial charge in [0.25, 0.3) is 0 Å². The molecule has 0 aliphatic heterocycles. The highest BCUT2D eigenvalue weighted by atomic mass is 16.4. The molecule has 0 aliphatic rings. The molecule has 0 aromatic heterocycles. The van der Waals surface area contributed by atoms with E-state index in [2.05, 4.69) is 25.2 Å². The van der Waals surface area contributed by atoms with Crippen molar-refractivity contribution in [1.29, 1.82) is 0 Å². The summed E-state index contributed by atoms with van der Waals surface area (Å²) < 4.78 is 0. The van der Waals surface area contributed by atoms with E-state index in [-0.39, 0.29) is 6.42 Å². The molecule has 1 unspecified atom stereocenters. The fraction of sp³-hybridized carbons (Fsp3) is 0.550. The van der Waals surface area contributed by atoms with E-state index in [0.717, 1.165) is 12.8 Å². The maximum Gasteiger partial charge on any atom is 0.0758 e. The zero-order chi connectivity index (χ0) is 17.2. The average molecular weight is 319 g/mol. The van der Waals surface area contributed by atoms with Crippen LogP contribution in [0.25, 0.3) is 0 Å². The predicted molar refractivity (Wildman–Crippen MR) is 94.8 cm³/mol. The van der Waals surface area contributed by atoms with Gasteiger partial charge in [-0.3, -0.25) is 0 Å². The van der Waals surface area contributed by atoms with E-state index in [1.54, 1.807) is 6.08 Å². The number of aliphatic hydroxyl groups is 1. The number of aliphatic carboxylic acids is 1. The molecule has 0 heterocycles. The Labute approximate surface area is 141 Å². The third-order valence-electron chi connectivity index (χ3n) is 3.29. The molecular weight excluding hydrogens is 288 g/mol. The summed E-state index contributed by atoms with van der Waals surface area (Å²) in [5.41, 5.74) is 0. The lowest BCUT2D eigenvalue weighted by molar-refractivity contribution is -0.305. The van der Waals surface area contributed by atoms with Crippen molar-refractivity contribution in [3.8, 4) is 0 Å². The fourth-order valence-corrected chi connectivity index (χ4v) is 1.95. The first kappa shape index (κ1) is 21.4. The molecule has 0 amide bonds. The first-order valence-electron chi connectivity index (χ1n) is 8.68. The summed E-state index contributed by atoms with van der Waals surface area (Å²) in [5.74, 6) is -1.01. The van der Waals surface area contributed by atoms with Crippen molar-refractivity contribution in [2.75, 3.05) is 0 Å². The molecule has 0 fully saturated rings. The van der Waals surface area contributed by atoms with Gasteiger partial charge in [0.15, 0.2) is 0 Å². The van der Waals surface area contributed by atoms with Gasteiger partial charge in [-0.15, -0.1) is 0 Å². The summed E-state index contributed by atoms with van der Waals surface area (Å²) >= 11 is 0. The number of allylic oxidation sites excluding steroid dienone is 6. The highest BCUT2D eigenvalue weighted by Gasteiger charge is 1.93. The molecule has 0 radical (unpaired) electrons. The van der Waals surface area contributed by atoms with Gasteiger partial charge in [-0.25, -0.2) is 0 Å². The number of hydrogen-bond acceptors (Lipinski definition) is 3. The van der Waals surface area contributed by atoms with Gasteiger partial charge in [-0.1, -0.05) is 68.4 Å². The van der Waals surface area contributed by atoms with Crippen molar-refractivity contribution in [3.63, 3.8) is 0 Å². The van der Waals surface area contributed by atoms with Crippen molar-refractivity contribution in [1.82, 2.24) is 0 Å². The molecule has 0 saturated heterocycles. The topological polar surface area (TPSA) is 60.4 Å². The number of rotatable bonds is 14. The SMILES string of the molecule is CCCCC/C=C\C/C=C\C=C/C(O)C/C=C\CCCC(=O)[O-]. The summed E-state index contributed by atoms with van der Waals surface area (Å²) in [4.78, 5) is 10.2. The maximum atomic E-state index is 10.2. The zero-order valence-corrected chi connectivity index (χ0v) is 14.3. The van der Waals surface area contributed by atoms with Crippen molar-refractivity contribution >= 4 is 5.97 Å². The number of carbonyl (C=O) groups excluding carboxylic acids is 1. The summed E-state index contributed by atoms with van der Waals surface area (Å²) in [7, 11) is 0. The molecule has 0 bridgehead atoms. The third-order valence-corrected chi connectivity index (χ3v) is 3.29. The van der Waals surface area contributed by atoms with Crippen LogP contribution in [0.1, 0.15) is 64.7 Å². The lowest BCUT2D eigenvalue weighted by Gasteiger charge is -2.00. The molecule has 0 saturated carbocycles. The van der Waals surface area contributed by atoms with Crippen molar-refractivity contribution in [2.24, 2.45) is 0 Å². The Morgan fingerprint density at radius 1 is 1.00 bits per heavy atom. The third kappa shape index (κ3) is 18.3. The highest BCUT2D eigenvalue weighted by molar-refractivity contribution is 5.64. The summed E-state index contributed by atoms with van der Waals surface area (Å²) in [6.45, 7) is 2.21. The van der Waals surface area contributed by atoms with Gasteiger partial charge in [0.2, 0.25) is 0 Å². The monoisotopic (exact) mass is 319 g/mol. The zero-order valence-electron chi connectivity index (χ0n) is 14.3. The van der Waals surface area contributed by atoms with Gasteiger partial charge in [0, 0.05) is 5.97 Å². The largest absolute Gasteiger partial charge is 0.550 e. The van der Waals surface area contributed by atoms with Gasteiger partial charge in [0.05, 0.1) is 6.10 Å². The first-order chi connectivity index (χ1) is 11.2. The van der Waals surface area contributed by atoms with Crippen LogP contribution >= 0.6 is 0 Å². The number of unbranched alkanes of at least 4 members (excludes halogenated alkanes) is 4. The van der Waals surface area contributed by atoms with Crippen molar-refractivity contribution in [2.45, 2.75) is 70.8 Å². The summed E-state index contributed by atoms with van der Waals surface area (Å²) in [6, 6.07) is 0. The minimum atomic E-state index is -1.01. The van der Waals surface area contributed by atoms with Crippen LogP contribution in [0, 0.1) is 0 Å². The van der Waals surface area contributed by atoms with E-state index in [1.807, 2.05) is 24.3 Å². The number of carboxylic acids is 1. The minimum Gasteiger partial charge on any atom is -0.550 e. The quantitative estimate of drug-likeness (QED) is 0.300.